The van der Waals surface area contributed by atoms with Crippen molar-refractivity contribution in [1.82, 2.24) is 20.3 Å². The highest BCUT2D eigenvalue weighted by Crippen LogP contribution is 2.42. The number of halogens is 2. The van der Waals surface area contributed by atoms with Crippen molar-refractivity contribution in [3.05, 3.63) is 90.3 Å². The molecule has 0 fully saturated rings. The fourth-order valence-corrected chi connectivity index (χ4v) is 5.32. The summed E-state index contributed by atoms with van der Waals surface area (Å²) in [6, 6.07) is 14.5. The first-order valence-electron chi connectivity index (χ1n) is 12.7. The van der Waals surface area contributed by atoms with E-state index in [9.17, 15) is 17.6 Å². The van der Waals surface area contributed by atoms with Crippen LogP contribution >= 0.6 is 0 Å². The summed E-state index contributed by atoms with van der Waals surface area (Å²) in [5, 5.41) is 2.90. The van der Waals surface area contributed by atoms with E-state index in [-0.39, 0.29) is 33.7 Å². The first-order chi connectivity index (χ1) is 20.0. The molecular formula is C30H23F2N5O4S. The zero-order valence-electron chi connectivity index (χ0n) is 22.6. The highest BCUT2D eigenvalue weighted by atomic mass is 32.2. The zero-order valence-corrected chi connectivity index (χ0v) is 23.4. The van der Waals surface area contributed by atoms with Crippen LogP contribution in [0.15, 0.2) is 77.5 Å². The van der Waals surface area contributed by atoms with Crippen LogP contribution in [0.2, 0.25) is 0 Å². The van der Waals surface area contributed by atoms with Gasteiger partial charge in [0.25, 0.3) is 5.91 Å². The number of aromatic amines is 1. The molecule has 3 aromatic heterocycles. The number of hydrogen-bond acceptors (Lipinski definition) is 6. The van der Waals surface area contributed by atoms with E-state index in [4.69, 9.17) is 4.42 Å². The minimum Gasteiger partial charge on any atom is -0.455 e. The van der Waals surface area contributed by atoms with Crippen LogP contribution in [0.4, 0.5) is 14.5 Å². The maximum Gasteiger partial charge on any atom is 0.255 e. The number of H-pyrrole nitrogens is 1. The number of imidazole rings is 1. The number of furan rings is 1. The Kier molecular flexibility index (Phi) is 6.49. The van der Waals surface area contributed by atoms with Gasteiger partial charge in [-0.1, -0.05) is 0 Å². The van der Waals surface area contributed by atoms with Gasteiger partial charge in [-0.15, -0.1) is 0 Å². The highest BCUT2D eigenvalue weighted by Gasteiger charge is 2.27. The van der Waals surface area contributed by atoms with Crippen molar-refractivity contribution in [3.63, 3.8) is 0 Å². The average Bonchev–Trinajstić information content (AvgIpc) is 3.57. The lowest BCUT2D eigenvalue weighted by molar-refractivity contribution is 0.0964. The van der Waals surface area contributed by atoms with E-state index in [1.165, 1.54) is 56.6 Å². The van der Waals surface area contributed by atoms with Gasteiger partial charge in [0.05, 0.1) is 34.7 Å². The van der Waals surface area contributed by atoms with Gasteiger partial charge in [-0.3, -0.25) is 14.1 Å². The summed E-state index contributed by atoms with van der Waals surface area (Å²) in [6.07, 6.45) is 4.26. The average molecular weight is 588 g/mol. The van der Waals surface area contributed by atoms with Crippen LogP contribution in [-0.2, 0) is 10.0 Å². The number of pyridine rings is 1. The standard InChI is InChI=1S/C30H23F2N5O4S/c1-33-30(38)27-21-13-20(19-12-17(6-9-22(19)32)29-35-23-10-11-34-15-24(23)36-29)25(37(2)42(3,39)40)14-26(21)41-28(27)16-4-7-18(31)8-5-16/h4-15H,1-3H3,(H,33,38)(H,35,36). The molecular weight excluding hydrogens is 564 g/mol. The fourth-order valence-electron chi connectivity index (χ4n) is 4.81. The predicted octanol–water partition coefficient (Wildman–Crippen LogP) is 5.74. The van der Waals surface area contributed by atoms with Crippen molar-refractivity contribution in [3.8, 4) is 33.8 Å². The Morgan fingerprint density at radius 3 is 2.43 bits per heavy atom. The Morgan fingerprint density at radius 2 is 1.74 bits per heavy atom. The van der Waals surface area contributed by atoms with Crippen LogP contribution in [0.1, 0.15) is 10.4 Å². The first kappa shape index (κ1) is 27.1. The van der Waals surface area contributed by atoms with Crippen molar-refractivity contribution in [2.45, 2.75) is 0 Å². The monoisotopic (exact) mass is 587 g/mol. The Hall–Kier alpha value is -5.10. The molecule has 0 bridgehead atoms. The molecule has 2 N–H and O–H groups in total. The number of nitrogens with zero attached hydrogens (tertiary/aromatic N) is 3. The molecule has 42 heavy (non-hydrogen) atoms. The highest BCUT2D eigenvalue weighted by molar-refractivity contribution is 7.92. The molecule has 0 spiro atoms. The number of hydrogen-bond donors (Lipinski definition) is 2. The summed E-state index contributed by atoms with van der Waals surface area (Å²) in [5.41, 5.74) is 3.05. The Bertz CT molecular complexity index is 2090. The number of rotatable bonds is 6. The van der Waals surface area contributed by atoms with Crippen molar-refractivity contribution >= 4 is 43.6 Å². The van der Waals surface area contributed by atoms with Gasteiger partial charge in [0, 0.05) is 54.0 Å². The predicted molar refractivity (Wildman–Crippen MR) is 157 cm³/mol. The maximum absolute atomic E-state index is 15.6. The molecule has 212 valence electrons. The van der Waals surface area contributed by atoms with Crippen LogP contribution in [0.5, 0.6) is 0 Å². The number of anilines is 1. The lowest BCUT2D eigenvalue weighted by atomic mass is 9.96. The molecule has 6 rings (SSSR count). The van der Waals surface area contributed by atoms with Gasteiger partial charge in [0.15, 0.2) is 0 Å². The number of amides is 1. The minimum absolute atomic E-state index is 0.0749. The first-order valence-corrected chi connectivity index (χ1v) is 14.5. The summed E-state index contributed by atoms with van der Waals surface area (Å²) >= 11 is 0. The van der Waals surface area contributed by atoms with Crippen LogP contribution in [-0.4, -0.2) is 49.6 Å². The molecule has 1 amide bonds. The van der Waals surface area contributed by atoms with Gasteiger partial charge in [0.1, 0.15) is 28.8 Å². The van der Waals surface area contributed by atoms with Crippen molar-refractivity contribution in [2.24, 2.45) is 0 Å². The number of carbonyl (C=O) groups is 1. The van der Waals surface area contributed by atoms with E-state index in [1.54, 1.807) is 30.6 Å². The minimum atomic E-state index is -3.81. The fraction of sp³-hybridized carbons (Fsp3) is 0.100. The Balaban J connectivity index is 1.64. The molecule has 6 aromatic rings. The van der Waals surface area contributed by atoms with Gasteiger partial charge < -0.3 is 14.7 Å². The third-order valence-electron chi connectivity index (χ3n) is 7.02. The van der Waals surface area contributed by atoms with Gasteiger partial charge in [-0.05, 0) is 54.6 Å². The van der Waals surface area contributed by atoms with Gasteiger partial charge in [0.2, 0.25) is 10.0 Å². The second-order valence-electron chi connectivity index (χ2n) is 9.66. The van der Waals surface area contributed by atoms with Gasteiger partial charge >= 0.3 is 0 Å². The quantitative estimate of drug-likeness (QED) is 0.256. The number of sulfonamides is 1. The van der Waals surface area contributed by atoms with Crippen molar-refractivity contribution in [2.75, 3.05) is 24.7 Å². The molecule has 0 aliphatic carbocycles. The molecule has 0 atom stereocenters. The van der Waals surface area contributed by atoms with E-state index in [2.05, 4.69) is 20.3 Å². The van der Waals surface area contributed by atoms with Gasteiger partial charge in [-0.2, -0.15) is 0 Å². The molecule has 0 aliphatic rings. The van der Waals surface area contributed by atoms with E-state index >= 15 is 4.39 Å². The van der Waals surface area contributed by atoms with Crippen LogP contribution in [0.25, 0.3) is 55.8 Å². The second-order valence-corrected chi connectivity index (χ2v) is 11.7. The molecule has 12 heteroatoms. The molecule has 3 aromatic carbocycles. The SMILES string of the molecule is CNC(=O)c1c(-c2ccc(F)cc2)oc2cc(N(C)S(C)(=O)=O)c(-c3cc(-c4nc5ccncc5[nH]4)ccc3F)cc12. The molecule has 0 radical (unpaired) electrons. The molecule has 0 unspecified atom stereocenters. The molecule has 3 heterocycles. The Labute approximate surface area is 238 Å². The smallest absolute Gasteiger partial charge is 0.255 e. The van der Waals surface area contributed by atoms with Crippen molar-refractivity contribution < 1.29 is 26.4 Å². The molecule has 0 saturated carbocycles. The third-order valence-corrected chi connectivity index (χ3v) is 8.21. The summed E-state index contributed by atoms with van der Waals surface area (Å²) in [4.78, 5) is 24.9. The van der Waals surface area contributed by atoms with Crippen molar-refractivity contribution in [1.29, 1.82) is 0 Å². The van der Waals surface area contributed by atoms with Crippen LogP contribution in [0.3, 0.4) is 0 Å². The molecule has 9 nitrogen and oxygen atoms in total. The van der Waals surface area contributed by atoms with E-state index in [0.717, 1.165) is 10.6 Å². The lowest BCUT2D eigenvalue weighted by Gasteiger charge is -2.21. The maximum atomic E-state index is 15.6. The third kappa shape index (κ3) is 4.65. The number of aromatic nitrogens is 3. The van der Waals surface area contributed by atoms with E-state index in [0.29, 0.717) is 33.4 Å². The summed E-state index contributed by atoms with van der Waals surface area (Å²) < 4.78 is 61.7. The van der Waals surface area contributed by atoms with Gasteiger partial charge in [-0.25, -0.2) is 22.2 Å². The largest absolute Gasteiger partial charge is 0.455 e. The Morgan fingerprint density at radius 1 is 1.00 bits per heavy atom. The van der Waals surface area contributed by atoms with Crippen LogP contribution in [0, 0.1) is 11.6 Å². The number of fused-ring (bicyclic) bond motifs is 2. The zero-order chi connectivity index (χ0) is 29.8. The lowest BCUT2D eigenvalue weighted by Crippen LogP contribution is -2.25. The molecule has 0 saturated heterocycles. The number of nitrogens with one attached hydrogen (secondary N) is 2. The van der Waals surface area contributed by atoms with Crippen LogP contribution < -0.4 is 9.62 Å². The summed E-state index contributed by atoms with van der Waals surface area (Å²) in [5.74, 6) is -0.964. The number of benzene rings is 3. The topological polar surface area (TPSA) is 121 Å². The van der Waals surface area contributed by atoms with E-state index in [1.807, 2.05) is 0 Å². The number of carbonyl (C=O) groups excluding carboxylic acids is 1. The normalized spacial score (nSPS) is 11.7. The summed E-state index contributed by atoms with van der Waals surface area (Å²) in [6.45, 7) is 0. The second kappa shape index (κ2) is 10.1. The van der Waals surface area contributed by atoms with E-state index < -0.39 is 27.6 Å². The molecule has 0 aliphatic heterocycles. The summed E-state index contributed by atoms with van der Waals surface area (Å²) in [7, 11) is -1.01.